The van der Waals surface area contributed by atoms with Gasteiger partial charge in [-0.3, -0.25) is 5.41 Å². The number of carbonyl (C=O) groups is 1. The molecule has 0 unspecified atom stereocenters. The summed E-state index contributed by atoms with van der Waals surface area (Å²) < 4.78 is 5.03. The lowest BCUT2D eigenvalue weighted by molar-refractivity contribution is 0.252. The van der Waals surface area contributed by atoms with E-state index < -0.39 is 0 Å². The number of hydrogen-bond donors (Lipinski definition) is 4. The van der Waals surface area contributed by atoms with Crippen LogP contribution in [0.2, 0.25) is 0 Å². The molecule has 0 spiro atoms. The van der Waals surface area contributed by atoms with Gasteiger partial charge in [0.05, 0.1) is 12.9 Å². The molecule has 0 aliphatic rings. The third-order valence-electron chi connectivity index (χ3n) is 2.01. The summed E-state index contributed by atoms with van der Waals surface area (Å²) in [5, 5.41) is 12.2. The molecule has 0 atom stereocenters. The fraction of sp³-hybridized carbons (Fsp3) is 0.273. The molecule has 1 rings (SSSR count). The van der Waals surface area contributed by atoms with Gasteiger partial charge in [0.1, 0.15) is 5.75 Å². The number of benzene rings is 1. The lowest BCUT2D eigenvalue weighted by Crippen LogP contribution is -2.31. The van der Waals surface area contributed by atoms with Crippen molar-refractivity contribution < 1.29 is 9.53 Å². The maximum absolute atomic E-state index is 11.4. The first-order valence-electron chi connectivity index (χ1n) is 5.13. The average Bonchev–Trinajstić information content (AvgIpc) is 2.28. The fourth-order valence-electron chi connectivity index (χ4n) is 1.19. The van der Waals surface area contributed by atoms with Crippen LogP contribution in [0.15, 0.2) is 24.3 Å². The number of carbonyl (C=O) groups excluding carboxylic acids is 1. The molecule has 0 radical (unpaired) electrons. The number of ether oxygens (including phenoxy) is 1. The predicted octanol–water partition coefficient (Wildman–Crippen LogP) is 1.14. The number of anilines is 1. The molecule has 92 valence electrons. The van der Waals surface area contributed by atoms with E-state index in [9.17, 15) is 4.79 Å². The molecule has 17 heavy (non-hydrogen) atoms. The van der Waals surface area contributed by atoms with Gasteiger partial charge in [0.2, 0.25) is 0 Å². The molecule has 1 aromatic carbocycles. The van der Waals surface area contributed by atoms with Gasteiger partial charge in [-0.2, -0.15) is 0 Å². The molecular weight excluding hydrogens is 220 g/mol. The lowest BCUT2D eigenvalue weighted by atomic mass is 10.3. The first-order chi connectivity index (χ1) is 8.11. The molecular formula is C11H16N4O2. The number of nitrogens with one attached hydrogen (secondary N) is 3. The Morgan fingerprint density at radius 3 is 2.94 bits per heavy atom. The van der Waals surface area contributed by atoms with Crippen LogP contribution in [0, 0.1) is 5.41 Å². The van der Waals surface area contributed by atoms with Crippen LogP contribution >= 0.6 is 0 Å². The molecule has 0 saturated heterocycles. The number of amidine groups is 1. The average molecular weight is 236 g/mol. The second-order valence-corrected chi connectivity index (χ2v) is 3.39. The van der Waals surface area contributed by atoms with E-state index in [0.717, 1.165) is 0 Å². The molecule has 1 aromatic rings. The Balaban J connectivity index is 2.42. The normalized spacial score (nSPS) is 9.47. The second-order valence-electron chi connectivity index (χ2n) is 3.39. The molecule has 0 aliphatic heterocycles. The van der Waals surface area contributed by atoms with Crippen molar-refractivity contribution in [3.63, 3.8) is 0 Å². The van der Waals surface area contributed by atoms with Crippen LogP contribution in [0.4, 0.5) is 10.5 Å². The highest BCUT2D eigenvalue weighted by atomic mass is 16.5. The van der Waals surface area contributed by atoms with E-state index in [1.807, 2.05) is 0 Å². The SMILES string of the molecule is COc1cccc(NC(=O)NCCC(=N)N)c1. The van der Waals surface area contributed by atoms with Crippen molar-refractivity contribution in [3.05, 3.63) is 24.3 Å². The molecule has 0 aromatic heterocycles. The van der Waals surface area contributed by atoms with Crippen molar-refractivity contribution in [2.75, 3.05) is 19.0 Å². The minimum atomic E-state index is -0.334. The Hall–Kier alpha value is -2.24. The van der Waals surface area contributed by atoms with E-state index in [-0.39, 0.29) is 11.9 Å². The summed E-state index contributed by atoms with van der Waals surface area (Å²) in [6.07, 6.45) is 0.339. The largest absolute Gasteiger partial charge is 0.497 e. The van der Waals surface area contributed by atoms with Gasteiger partial charge < -0.3 is 21.1 Å². The molecule has 2 amide bonds. The van der Waals surface area contributed by atoms with Crippen LogP contribution in [-0.4, -0.2) is 25.5 Å². The summed E-state index contributed by atoms with van der Waals surface area (Å²) in [5.74, 6) is 0.721. The Kier molecular flexibility index (Phi) is 4.80. The minimum absolute atomic E-state index is 0.0479. The minimum Gasteiger partial charge on any atom is -0.497 e. The summed E-state index contributed by atoms with van der Waals surface area (Å²) in [6, 6.07) is 6.71. The summed E-state index contributed by atoms with van der Waals surface area (Å²) in [6.45, 7) is 0.338. The maximum Gasteiger partial charge on any atom is 0.319 e. The Morgan fingerprint density at radius 1 is 1.53 bits per heavy atom. The van der Waals surface area contributed by atoms with Crippen molar-refractivity contribution >= 4 is 17.6 Å². The van der Waals surface area contributed by atoms with Crippen molar-refractivity contribution in [1.29, 1.82) is 5.41 Å². The van der Waals surface area contributed by atoms with Crippen LogP contribution < -0.4 is 21.1 Å². The molecule has 6 nitrogen and oxygen atoms in total. The lowest BCUT2D eigenvalue weighted by Gasteiger charge is -2.08. The summed E-state index contributed by atoms with van der Waals surface area (Å²) in [5.41, 5.74) is 5.81. The third kappa shape index (κ3) is 4.87. The van der Waals surface area contributed by atoms with E-state index in [0.29, 0.717) is 24.4 Å². The fourth-order valence-corrected chi connectivity index (χ4v) is 1.19. The number of amides is 2. The number of methoxy groups -OCH3 is 1. The molecule has 6 heteroatoms. The van der Waals surface area contributed by atoms with Crippen molar-refractivity contribution in [2.45, 2.75) is 6.42 Å². The zero-order valence-electron chi connectivity index (χ0n) is 9.62. The quantitative estimate of drug-likeness (QED) is 0.455. The highest BCUT2D eigenvalue weighted by Crippen LogP contribution is 2.16. The smallest absolute Gasteiger partial charge is 0.319 e. The maximum atomic E-state index is 11.4. The summed E-state index contributed by atoms with van der Waals surface area (Å²) in [7, 11) is 1.56. The highest BCUT2D eigenvalue weighted by Gasteiger charge is 2.02. The molecule has 0 aliphatic carbocycles. The van der Waals surface area contributed by atoms with Gasteiger partial charge in [-0.05, 0) is 12.1 Å². The number of nitrogens with two attached hydrogens (primary N) is 1. The summed E-state index contributed by atoms with van der Waals surface area (Å²) >= 11 is 0. The highest BCUT2D eigenvalue weighted by molar-refractivity contribution is 5.89. The molecule has 0 heterocycles. The van der Waals surface area contributed by atoms with Crippen LogP contribution in [0.25, 0.3) is 0 Å². The van der Waals surface area contributed by atoms with E-state index in [1.165, 1.54) is 0 Å². The predicted molar refractivity (Wildman–Crippen MR) is 66.5 cm³/mol. The molecule has 5 N–H and O–H groups in total. The first kappa shape index (κ1) is 12.8. The topological polar surface area (TPSA) is 100 Å². The summed E-state index contributed by atoms with van der Waals surface area (Å²) in [4.78, 5) is 11.4. The van der Waals surface area contributed by atoms with E-state index in [4.69, 9.17) is 15.9 Å². The van der Waals surface area contributed by atoms with Crippen LogP contribution in [0.5, 0.6) is 5.75 Å². The van der Waals surface area contributed by atoms with Gasteiger partial charge in [0.15, 0.2) is 0 Å². The second kappa shape index (κ2) is 6.37. The molecule has 0 fully saturated rings. The van der Waals surface area contributed by atoms with E-state index in [1.54, 1.807) is 31.4 Å². The third-order valence-corrected chi connectivity index (χ3v) is 2.01. The first-order valence-corrected chi connectivity index (χ1v) is 5.13. The van der Waals surface area contributed by atoms with Gasteiger partial charge in [-0.25, -0.2) is 4.79 Å². The standard InChI is InChI=1S/C11H16N4O2/c1-17-9-4-2-3-8(7-9)15-11(16)14-6-5-10(12)13/h2-4,7H,5-6H2,1H3,(H3,12,13)(H2,14,15,16). The Labute approximate surface area is 99.7 Å². The van der Waals surface area contributed by atoms with Gasteiger partial charge in [0.25, 0.3) is 0 Å². The number of urea groups is 1. The van der Waals surface area contributed by atoms with Crippen molar-refractivity contribution in [1.82, 2.24) is 5.32 Å². The van der Waals surface area contributed by atoms with E-state index in [2.05, 4.69) is 10.6 Å². The van der Waals surface area contributed by atoms with Crippen LogP contribution in [-0.2, 0) is 0 Å². The van der Waals surface area contributed by atoms with Gasteiger partial charge in [0, 0.05) is 24.7 Å². The number of rotatable bonds is 5. The zero-order valence-corrected chi connectivity index (χ0v) is 9.62. The van der Waals surface area contributed by atoms with Crippen LogP contribution in [0.3, 0.4) is 0 Å². The van der Waals surface area contributed by atoms with Gasteiger partial charge in [-0.1, -0.05) is 6.07 Å². The number of hydrogen-bond acceptors (Lipinski definition) is 3. The van der Waals surface area contributed by atoms with Gasteiger partial charge in [-0.15, -0.1) is 0 Å². The molecule has 0 saturated carbocycles. The van der Waals surface area contributed by atoms with Crippen LogP contribution in [0.1, 0.15) is 6.42 Å². The van der Waals surface area contributed by atoms with E-state index >= 15 is 0 Å². The zero-order chi connectivity index (χ0) is 12.7. The monoisotopic (exact) mass is 236 g/mol. The van der Waals surface area contributed by atoms with Crippen molar-refractivity contribution in [2.24, 2.45) is 5.73 Å². The molecule has 0 bridgehead atoms. The Bertz CT molecular complexity index is 406. The van der Waals surface area contributed by atoms with Gasteiger partial charge >= 0.3 is 6.03 Å². The Morgan fingerprint density at radius 2 is 2.29 bits per heavy atom. The van der Waals surface area contributed by atoms with Crippen molar-refractivity contribution in [3.8, 4) is 5.75 Å².